The molecule has 574 valence electrons. The third kappa shape index (κ3) is 27.0. The number of aliphatic hydroxyl groups is 16. The number of nitrogens with one attached hydrogen (secondary N) is 2. The van der Waals surface area contributed by atoms with E-state index >= 15 is 0 Å². The molecule has 0 aliphatic carbocycles. The number of rotatable bonds is 48. The topological polar surface area (TPSA) is 474 Å². The quantitative estimate of drug-likeness (QED) is 0.0272. The fourth-order valence-electron chi connectivity index (χ4n) is 13.2. The average Bonchev–Trinajstić information content (AvgIpc) is 0.780. The minimum absolute atomic E-state index is 0.191. The second-order valence-electron chi connectivity index (χ2n) is 27.1. The van der Waals surface area contributed by atoms with Gasteiger partial charge in [-0.25, -0.2) is 0 Å². The van der Waals surface area contributed by atoms with Gasteiger partial charge in [0.2, 0.25) is 11.8 Å². The van der Waals surface area contributed by atoms with E-state index in [-0.39, 0.29) is 12.3 Å². The van der Waals surface area contributed by atoms with Crippen LogP contribution in [0.2, 0.25) is 0 Å². The first kappa shape index (κ1) is 86.3. The Labute approximate surface area is 577 Å². The highest BCUT2D eigenvalue weighted by molar-refractivity contribution is 5.76. The zero-order chi connectivity index (χ0) is 71.7. The van der Waals surface area contributed by atoms with Gasteiger partial charge in [-0.15, -0.1) is 0 Å². The van der Waals surface area contributed by atoms with Crippen LogP contribution in [0.25, 0.3) is 0 Å². The van der Waals surface area contributed by atoms with Crippen LogP contribution in [0, 0.1) is 0 Å². The summed E-state index contributed by atoms with van der Waals surface area (Å²) in [7, 11) is 0. The number of hydrogen-bond donors (Lipinski definition) is 18. The van der Waals surface area contributed by atoms with Crippen molar-refractivity contribution in [1.82, 2.24) is 10.6 Å². The van der Waals surface area contributed by atoms with Gasteiger partial charge in [-0.2, -0.15) is 0 Å². The smallest absolute Gasteiger partial charge is 0.220 e. The molecule has 27 atom stereocenters. The van der Waals surface area contributed by atoms with Crippen molar-refractivity contribution in [3.8, 4) is 0 Å². The van der Waals surface area contributed by atoms with Gasteiger partial charge < -0.3 is 140 Å². The van der Waals surface area contributed by atoms with Crippen molar-refractivity contribution in [3.05, 3.63) is 12.2 Å². The number of ether oxygens (including phenoxy) is 10. The number of hydrogen-bond acceptors (Lipinski definition) is 28. The summed E-state index contributed by atoms with van der Waals surface area (Å²) in [6.07, 6.45) is -12.1. The molecule has 5 aliphatic heterocycles. The molecule has 30 heteroatoms. The van der Waals surface area contributed by atoms with Crippen LogP contribution in [0.4, 0.5) is 0 Å². The molecule has 5 rings (SSSR count). The molecule has 0 bridgehead atoms. The minimum atomic E-state index is -2.23. The number of aliphatic hydroxyl groups excluding tert-OH is 16. The summed E-state index contributed by atoms with van der Waals surface area (Å²) in [6.45, 7) is 0.330. The first-order chi connectivity index (χ1) is 47.2. The lowest BCUT2D eigenvalue weighted by molar-refractivity contribution is -0.394. The average molecular weight is 1420 g/mol. The molecule has 5 fully saturated rings. The van der Waals surface area contributed by atoms with E-state index in [2.05, 4.69) is 24.5 Å². The second-order valence-corrected chi connectivity index (χ2v) is 27.1. The molecule has 10 unspecified atom stereocenters. The summed E-state index contributed by atoms with van der Waals surface area (Å²) in [5.74, 6) is -1.07. The molecule has 5 heterocycles. The molecule has 18 N–H and O–H groups in total. The zero-order valence-electron chi connectivity index (χ0n) is 57.8. The van der Waals surface area contributed by atoms with Crippen molar-refractivity contribution in [2.75, 3.05) is 39.6 Å². The molecule has 0 aromatic carbocycles. The van der Waals surface area contributed by atoms with Gasteiger partial charge in [0, 0.05) is 13.3 Å². The first-order valence-electron chi connectivity index (χ1n) is 36.5. The fraction of sp³-hybridized carbons (Fsp3) is 0.941. The standard InChI is InChI=1S/C68H124N2O28/c1-4-6-8-10-12-14-16-18-19-21-23-25-27-29-31-33-48(78)70-41(42(77)32-30-28-26-24-22-20-17-15-13-11-9-7-5-2)39-89-65-56(85)55(84)60(47(38-75)94-65)95-66-58(87)62(52(81)45(36-73)91-66)97-68-59(88)63(53(82)46(37-74)93-68)98-67-57(86)61(51(80)44(35-72)92-67)96-64-49(69-40(3)76)54(83)50(79)43(34-71)90-64/h30,32,41-47,49-68,71-75,77,79-88H,4-29,31,33-39H2,1-3H3,(H,69,76)(H,70,78)/b32-30+/t41-,42+,43?,44?,45?,46?,47?,49?,50-,51-,52-,53-,54+,55+,56?,57?,58?,59?,60+,61-,62-,63-,64-,65+,66-,67+,68+/m0/s1. The predicted octanol–water partition coefficient (Wildman–Crippen LogP) is -0.392. The maximum Gasteiger partial charge on any atom is 0.220 e. The van der Waals surface area contributed by atoms with Crippen molar-refractivity contribution >= 4 is 11.8 Å². The van der Waals surface area contributed by atoms with Crippen molar-refractivity contribution in [1.29, 1.82) is 0 Å². The van der Waals surface area contributed by atoms with Gasteiger partial charge in [-0.3, -0.25) is 9.59 Å². The van der Waals surface area contributed by atoms with Crippen molar-refractivity contribution in [2.45, 2.75) is 366 Å². The lowest BCUT2D eigenvalue weighted by Gasteiger charge is -2.50. The van der Waals surface area contributed by atoms with Crippen LogP contribution in [0.15, 0.2) is 12.2 Å². The van der Waals surface area contributed by atoms with Crippen molar-refractivity contribution < 1.29 is 139 Å². The summed E-state index contributed by atoms with van der Waals surface area (Å²) in [4.78, 5) is 25.6. The summed E-state index contributed by atoms with van der Waals surface area (Å²) < 4.78 is 58.1. The van der Waals surface area contributed by atoms with Crippen LogP contribution in [0.1, 0.15) is 201 Å². The third-order valence-electron chi connectivity index (χ3n) is 19.2. The lowest BCUT2D eigenvalue weighted by Crippen LogP contribution is -2.69. The van der Waals surface area contributed by atoms with E-state index in [1.807, 2.05) is 6.08 Å². The summed E-state index contributed by atoms with van der Waals surface area (Å²) in [5, 5.41) is 182. The Balaban J connectivity index is 1.21. The van der Waals surface area contributed by atoms with Gasteiger partial charge in [-0.05, 0) is 19.3 Å². The minimum Gasteiger partial charge on any atom is -0.394 e. The Morgan fingerprint density at radius 1 is 0.398 bits per heavy atom. The van der Waals surface area contributed by atoms with Gasteiger partial charge in [0.1, 0.15) is 122 Å². The molecule has 0 spiro atoms. The predicted molar refractivity (Wildman–Crippen MR) is 350 cm³/mol. The van der Waals surface area contributed by atoms with E-state index in [9.17, 15) is 91.3 Å². The first-order valence-corrected chi connectivity index (χ1v) is 36.5. The Kier molecular flexibility index (Phi) is 41.5. The van der Waals surface area contributed by atoms with Crippen LogP contribution in [0.5, 0.6) is 0 Å². The number of unbranched alkanes of at least 4 members (excludes halogenated alkanes) is 25. The van der Waals surface area contributed by atoms with Gasteiger partial charge in [-0.1, -0.05) is 180 Å². The number of carbonyl (C=O) groups is 2. The van der Waals surface area contributed by atoms with E-state index in [1.54, 1.807) is 6.08 Å². The molecule has 2 amide bonds. The number of carbonyl (C=O) groups excluding carboxylic acids is 2. The Morgan fingerprint density at radius 3 is 1.14 bits per heavy atom. The van der Waals surface area contributed by atoms with E-state index in [1.165, 1.54) is 109 Å². The number of allylic oxidation sites excluding steroid dienone is 1. The summed E-state index contributed by atoms with van der Waals surface area (Å²) in [5.41, 5.74) is 0. The van der Waals surface area contributed by atoms with Crippen LogP contribution < -0.4 is 10.6 Å². The zero-order valence-corrected chi connectivity index (χ0v) is 57.8. The monoisotopic (exact) mass is 1420 g/mol. The summed E-state index contributed by atoms with van der Waals surface area (Å²) in [6, 6.07) is -2.62. The molecule has 5 saturated heterocycles. The molecule has 0 radical (unpaired) electrons. The van der Waals surface area contributed by atoms with E-state index in [0.29, 0.717) is 12.8 Å². The Bertz CT molecular complexity index is 2150. The molecule has 0 aromatic heterocycles. The van der Waals surface area contributed by atoms with Crippen molar-refractivity contribution in [2.24, 2.45) is 0 Å². The van der Waals surface area contributed by atoms with Gasteiger partial charge in [0.15, 0.2) is 31.5 Å². The fourth-order valence-corrected chi connectivity index (χ4v) is 13.2. The maximum atomic E-state index is 13.5. The van der Waals surface area contributed by atoms with E-state index in [0.717, 1.165) is 58.3 Å². The highest BCUT2D eigenvalue weighted by Crippen LogP contribution is 2.37. The lowest BCUT2D eigenvalue weighted by atomic mass is 9.94. The van der Waals surface area contributed by atoms with Crippen LogP contribution in [-0.4, -0.2) is 299 Å². The normalized spacial score (nSPS) is 36.1. The van der Waals surface area contributed by atoms with Crippen LogP contribution in [0.3, 0.4) is 0 Å². The van der Waals surface area contributed by atoms with Gasteiger partial charge >= 0.3 is 0 Å². The number of amides is 2. The Morgan fingerprint density at radius 2 is 0.745 bits per heavy atom. The molecular weight excluding hydrogens is 1290 g/mol. The van der Waals surface area contributed by atoms with Gasteiger partial charge in [0.25, 0.3) is 0 Å². The van der Waals surface area contributed by atoms with Crippen molar-refractivity contribution in [3.63, 3.8) is 0 Å². The summed E-state index contributed by atoms with van der Waals surface area (Å²) >= 11 is 0. The molecule has 98 heavy (non-hydrogen) atoms. The molecular formula is C68H124N2O28. The van der Waals surface area contributed by atoms with E-state index in [4.69, 9.17) is 47.4 Å². The highest BCUT2D eigenvalue weighted by Gasteiger charge is 2.57. The third-order valence-corrected chi connectivity index (χ3v) is 19.2. The maximum absolute atomic E-state index is 13.5. The highest BCUT2D eigenvalue weighted by atomic mass is 16.8. The second kappa shape index (κ2) is 47.2. The Hall–Kier alpha value is -2.36. The van der Waals surface area contributed by atoms with Crippen LogP contribution >= 0.6 is 0 Å². The largest absolute Gasteiger partial charge is 0.394 e. The molecule has 0 aromatic rings. The molecule has 0 saturated carbocycles. The molecule has 5 aliphatic rings. The SMILES string of the molecule is CCCCCCCCCCCCC/C=C/[C@@H](O)[C@H](CO[C@@H]1OC(CO)[C@@H](O[C@@H]2OC(CO)[C@H](O)[C@H](O[C@H]3OC(CO)[C@H](O)[C@H](O[C@H]4OC(CO)[C@H](O)[C@H](O[C@@H]5OC(CO)[C@H](O)[C@H](O)C5NC(C)=O)C4O)C3O)C2O)[C@H](O)C1O)NC(=O)CCCCCCCCCCCCCCCCC. The van der Waals surface area contributed by atoms with Crippen LogP contribution in [-0.2, 0) is 57.0 Å². The molecule has 30 nitrogen and oxygen atoms in total. The van der Waals surface area contributed by atoms with E-state index < -0.39 is 211 Å². The van der Waals surface area contributed by atoms with Gasteiger partial charge in [0.05, 0.1) is 51.8 Å².